The number of hydrogen-bond acceptors (Lipinski definition) is 2. The summed E-state index contributed by atoms with van der Waals surface area (Å²) in [5, 5.41) is 0.681. The smallest absolute Gasteiger partial charge is 0.198 e. The topological polar surface area (TPSA) is 22.1 Å². The molecule has 0 bridgehead atoms. The van der Waals surface area contributed by atoms with E-state index in [-0.39, 0.29) is 5.88 Å². The summed E-state index contributed by atoms with van der Waals surface area (Å²) < 4.78 is 33.3. The van der Waals surface area contributed by atoms with Gasteiger partial charge in [0.05, 0.1) is 5.52 Å². The van der Waals surface area contributed by atoms with Crippen molar-refractivity contribution in [1.29, 1.82) is 0 Å². The van der Waals surface area contributed by atoms with Crippen molar-refractivity contribution in [2.75, 3.05) is 0 Å². The Kier molecular flexibility index (Phi) is 3.71. The molecule has 1 aromatic heterocycles. The van der Waals surface area contributed by atoms with Crippen LogP contribution in [0.15, 0.2) is 48.7 Å². The number of rotatable bonds is 3. The minimum atomic E-state index is -0.786. The van der Waals surface area contributed by atoms with Crippen LogP contribution >= 0.6 is 11.6 Å². The van der Waals surface area contributed by atoms with Crippen LogP contribution in [0.1, 0.15) is 5.56 Å². The van der Waals surface area contributed by atoms with Gasteiger partial charge in [-0.1, -0.05) is 6.07 Å². The standard InChI is InChI=1S/C16H10ClF2NO/c17-9-10-7-12(18)16(13(19)8-10)21-15-5-1-4-14-11(15)3-2-6-20-14/h1-8H,9H2. The second kappa shape index (κ2) is 5.66. The fraction of sp³-hybridized carbons (Fsp3) is 0.0625. The summed E-state index contributed by atoms with van der Waals surface area (Å²) in [5.74, 6) is -1.64. The molecular formula is C16H10ClF2NO. The zero-order valence-electron chi connectivity index (χ0n) is 10.8. The molecule has 0 saturated carbocycles. The average Bonchev–Trinajstić information content (AvgIpc) is 2.50. The molecule has 0 spiro atoms. The number of aromatic nitrogens is 1. The lowest BCUT2D eigenvalue weighted by molar-refractivity contribution is 0.410. The molecule has 2 nitrogen and oxygen atoms in total. The van der Waals surface area contributed by atoms with Crippen molar-refractivity contribution < 1.29 is 13.5 Å². The first-order chi connectivity index (χ1) is 10.2. The highest BCUT2D eigenvalue weighted by Crippen LogP contribution is 2.32. The van der Waals surface area contributed by atoms with Gasteiger partial charge in [0.25, 0.3) is 0 Å². The van der Waals surface area contributed by atoms with Crippen molar-refractivity contribution in [3.8, 4) is 11.5 Å². The first kappa shape index (κ1) is 13.8. The van der Waals surface area contributed by atoms with Gasteiger partial charge in [0.2, 0.25) is 0 Å². The van der Waals surface area contributed by atoms with E-state index in [0.717, 1.165) is 12.1 Å². The third-order valence-electron chi connectivity index (χ3n) is 3.03. The van der Waals surface area contributed by atoms with Crippen molar-refractivity contribution in [3.05, 3.63) is 65.9 Å². The molecule has 5 heteroatoms. The van der Waals surface area contributed by atoms with E-state index >= 15 is 0 Å². The van der Waals surface area contributed by atoms with Crippen LogP contribution in [-0.2, 0) is 5.88 Å². The molecule has 0 unspecified atom stereocenters. The molecule has 3 aromatic rings. The second-order valence-electron chi connectivity index (χ2n) is 4.45. The first-order valence-corrected chi connectivity index (χ1v) is 6.78. The lowest BCUT2D eigenvalue weighted by Crippen LogP contribution is -1.95. The van der Waals surface area contributed by atoms with Crippen LogP contribution in [0.5, 0.6) is 11.5 Å². The summed E-state index contributed by atoms with van der Waals surface area (Å²) >= 11 is 5.58. The first-order valence-electron chi connectivity index (χ1n) is 6.24. The van der Waals surface area contributed by atoms with Gasteiger partial charge in [-0.2, -0.15) is 0 Å². The number of halogens is 3. The number of nitrogens with zero attached hydrogens (tertiary/aromatic N) is 1. The minimum absolute atomic E-state index is 0.0340. The van der Waals surface area contributed by atoms with Crippen LogP contribution in [0, 0.1) is 11.6 Å². The molecule has 2 aromatic carbocycles. The van der Waals surface area contributed by atoms with Gasteiger partial charge >= 0.3 is 0 Å². The lowest BCUT2D eigenvalue weighted by Gasteiger charge is -2.11. The Morgan fingerprint density at radius 1 is 1.05 bits per heavy atom. The maximum Gasteiger partial charge on any atom is 0.198 e. The van der Waals surface area contributed by atoms with Gasteiger partial charge in [-0.05, 0) is 42.0 Å². The Bertz CT molecular complexity index is 779. The van der Waals surface area contributed by atoms with Crippen molar-refractivity contribution in [3.63, 3.8) is 0 Å². The molecule has 0 aliphatic rings. The Morgan fingerprint density at radius 2 is 1.81 bits per heavy atom. The number of benzene rings is 2. The number of fused-ring (bicyclic) bond motifs is 1. The number of hydrogen-bond donors (Lipinski definition) is 0. The third-order valence-corrected chi connectivity index (χ3v) is 3.34. The summed E-state index contributed by atoms with van der Waals surface area (Å²) in [6, 6.07) is 11.0. The maximum atomic E-state index is 13.9. The summed E-state index contributed by atoms with van der Waals surface area (Å²) in [6.07, 6.45) is 1.64. The van der Waals surface area contributed by atoms with Gasteiger partial charge in [0.1, 0.15) is 5.75 Å². The third kappa shape index (κ3) is 2.67. The molecule has 0 amide bonds. The molecule has 0 aliphatic heterocycles. The Labute approximate surface area is 125 Å². The zero-order valence-corrected chi connectivity index (χ0v) is 11.6. The van der Waals surface area contributed by atoms with Crippen LogP contribution in [0.4, 0.5) is 8.78 Å². The predicted octanol–water partition coefficient (Wildman–Crippen LogP) is 5.04. The van der Waals surface area contributed by atoms with E-state index in [2.05, 4.69) is 4.98 Å². The van der Waals surface area contributed by atoms with E-state index in [9.17, 15) is 8.78 Å². The fourth-order valence-electron chi connectivity index (χ4n) is 2.06. The fourth-order valence-corrected chi connectivity index (χ4v) is 2.22. The van der Waals surface area contributed by atoms with Gasteiger partial charge in [-0.25, -0.2) is 8.78 Å². The van der Waals surface area contributed by atoms with Gasteiger partial charge in [0, 0.05) is 17.5 Å². The predicted molar refractivity (Wildman–Crippen MR) is 77.7 cm³/mol. The highest BCUT2D eigenvalue weighted by Gasteiger charge is 2.14. The van der Waals surface area contributed by atoms with Crippen molar-refractivity contribution in [1.82, 2.24) is 4.98 Å². The number of ether oxygens (including phenoxy) is 1. The van der Waals surface area contributed by atoms with Crippen LogP contribution in [-0.4, -0.2) is 4.98 Å². The van der Waals surface area contributed by atoms with Gasteiger partial charge in [-0.15, -0.1) is 11.6 Å². The highest BCUT2D eigenvalue weighted by molar-refractivity contribution is 6.17. The summed E-state index contributed by atoms with van der Waals surface area (Å²) in [6.45, 7) is 0. The monoisotopic (exact) mass is 305 g/mol. The Morgan fingerprint density at radius 3 is 2.52 bits per heavy atom. The molecule has 0 atom stereocenters. The van der Waals surface area contributed by atoms with Crippen molar-refractivity contribution in [2.24, 2.45) is 0 Å². The molecule has 0 saturated heterocycles. The molecule has 0 aliphatic carbocycles. The summed E-state index contributed by atoms with van der Waals surface area (Å²) in [4.78, 5) is 4.17. The van der Waals surface area contributed by atoms with E-state index in [0.29, 0.717) is 22.2 Å². The van der Waals surface area contributed by atoms with Crippen molar-refractivity contribution in [2.45, 2.75) is 5.88 Å². The lowest BCUT2D eigenvalue weighted by atomic mass is 10.2. The van der Waals surface area contributed by atoms with Crippen LogP contribution < -0.4 is 4.74 Å². The molecule has 3 rings (SSSR count). The summed E-state index contributed by atoms with van der Waals surface area (Å²) in [5.41, 5.74) is 1.05. The van der Waals surface area contributed by atoms with Crippen LogP contribution in [0.3, 0.4) is 0 Å². The number of alkyl halides is 1. The van der Waals surface area contributed by atoms with Crippen LogP contribution in [0.25, 0.3) is 10.9 Å². The van der Waals surface area contributed by atoms with Gasteiger partial charge in [-0.3, -0.25) is 4.98 Å². The molecule has 0 N–H and O–H groups in total. The Hall–Kier alpha value is -2.20. The molecular weight excluding hydrogens is 296 g/mol. The molecule has 0 radical (unpaired) electrons. The van der Waals surface area contributed by atoms with E-state index < -0.39 is 17.4 Å². The summed E-state index contributed by atoms with van der Waals surface area (Å²) in [7, 11) is 0. The molecule has 21 heavy (non-hydrogen) atoms. The quantitative estimate of drug-likeness (QED) is 0.632. The highest BCUT2D eigenvalue weighted by atomic mass is 35.5. The molecule has 106 valence electrons. The van der Waals surface area contributed by atoms with E-state index in [1.54, 1.807) is 36.5 Å². The minimum Gasteiger partial charge on any atom is -0.450 e. The second-order valence-corrected chi connectivity index (χ2v) is 4.72. The molecule has 1 heterocycles. The Balaban J connectivity index is 2.07. The normalized spacial score (nSPS) is 10.8. The maximum absolute atomic E-state index is 13.9. The molecule has 0 fully saturated rings. The van der Waals surface area contributed by atoms with Crippen LogP contribution in [0.2, 0.25) is 0 Å². The zero-order chi connectivity index (χ0) is 14.8. The van der Waals surface area contributed by atoms with Crippen molar-refractivity contribution >= 4 is 22.5 Å². The average molecular weight is 306 g/mol. The van der Waals surface area contributed by atoms with E-state index in [1.165, 1.54) is 0 Å². The largest absolute Gasteiger partial charge is 0.450 e. The van der Waals surface area contributed by atoms with E-state index in [1.807, 2.05) is 0 Å². The van der Waals surface area contributed by atoms with E-state index in [4.69, 9.17) is 16.3 Å². The SMILES string of the molecule is Fc1cc(CCl)cc(F)c1Oc1cccc2ncccc12. The van der Waals surface area contributed by atoms with Gasteiger partial charge < -0.3 is 4.74 Å². The number of pyridine rings is 1. The van der Waals surface area contributed by atoms with Gasteiger partial charge in [0.15, 0.2) is 17.4 Å².